The van der Waals surface area contributed by atoms with Crippen LogP contribution in [0.3, 0.4) is 0 Å². The van der Waals surface area contributed by atoms with Crippen LogP contribution in [0.25, 0.3) is 0 Å². The second-order valence-corrected chi connectivity index (χ2v) is 5.01. The minimum atomic E-state index is 0.505. The first kappa shape index (κ1) is 12.6. The van der Waals surface area contributed by atoms with Crippen LogP contribution < -0.4 is 5.32 Å². The summed E-state index contributed by atoms with van der Waals surface area (Å²) >= 11 is 0. The van der Waals surface area contributed by atoms with Crippen molar-refractivity contribution in [2.24, 2.45) is 5.92 Å². The van der Waals surface area contributed by atoms with Gasteiger partial charge in [-0.25, -0.2) is 0 Å². The summed E-state index contributed by atoms with van der Waals surface area (Å²) in [7, 11) is 0. The molecule has 2 atom stereocenters. The first-order chi connectivity index (χ1) is 8.31. The van der Waals surface area contributed by atoms with Crippen molar-refractivity contribution in [2.75, 3.05) is 13.1 Å². The Balaban J connectivity index is 1.83. The SMILES string of the molecule is CCNCCCc1nnc(C2CCCC2C)o1. The van der Waals surface area contributed by atoms with Crippen LogP contribution in [0, 0.1) is 5.92 Å². The highest BCUT2D eigenvalue weighted by Gasteiger charge is 2.29. The highest BCUT2D eigenvalue weighted by atomic mass is 16.4. The third-order valence-corrected chi connectivity index (χ3v) is 3.66. The molecule has 17 heavy (non-hydrogen) atoms. The lowest BCUT2D eigenvalue weighted by Gasteiger charge is -2.09. The van der Waals surface area contributed by atoms with E-state index in [0.29, 0.717) is 11.8 Å². The summed E-state index contributed by atoms with van der Waals surface area (Å²) in [6.45, 7) is 6.45. The van der Waals surface area contributed by atoms with E-state index in [1.54, 1.807) is 0 Å². The molecular weight excluding hydrogens is 214 g/mol. The van der Waals surface area contributed by atoms with Crippen LogP contribution in [0.15, 0.2) is 4.42 Å². The summed E-state index contributed by atoms with van der Waals surface area (Å²) in [6.07, 6.45) is 5.75. The molecule has 0 amide bonds. The Morgan fingerprint density at radius 1 is 1.35 bits per heavy atom. The van der Waals surface area contributed by atoms with E-state index < -0.39 is 0 Å². The summed E-state index contributed by atoms with van der Waals surface area (Å²) in [5, 5.41) is 11.7. The average molecular weight is 237 g/mol. The van der Waals surface area contributed by atoms with E-state index >= 15 is 0 Å². The van der Waals surface area contributed by atoms with Crippen LogP contribution in [-0.4, -0.2) is 23.3 Å². The molecule has 0 saturated heterocycles. The van der Waals surface area contributed by atoms with Crippen LogP contribution in [0.4, 0.5) is 0 Å². The van der Waals surface area contributed by atoms with Gasteiger partial charge in [0, 0.05) is 12.3 Å². The Morgan fingerprint density at radius 2 is 2.24 bits per heavy atom. The van der Waals surface area contributed by atoms with Gasteiger partial charge in [0.1, 0.15) is 0 Å². The molecule has 1 heterocycles. The van der Waals surface area contributed by atoms with Gasteiger partial charge in [-0.15, -0.1) is 10.2 Å². The van der Waals surface area contributed by atoms with Gasteiger partial charge >= 0.3 is 0 Å². The molecule has 4 nitrogen and oxygen atoms in total. The molecule has 0 bridgehead atoms. The van der Waals surface area contributed by atoms with Crippen molar-refractivity contribution in [1.82, 2.24) is 15.5 Å². The summed E-state index contributed by atoms with van der Waals surface area (Å²) in [6, 6.07) is 0. The molecule has 1 N–H and O–H groups in total. The van der Waals surface area contributed by atoms with Gasteiger partial charge in [0.2, 0.25) is 11.8 Å². The first-order valence-electron chi connectivity index (χ1n) is 6.84. The number of nitrogens with one attached hydrogen (secondary N) is 1. The van der Waals surface area contributed by atoms with E-state index in [1.807, 2.05) is 0 Å². The van der Waals surface area contributed by atoms with Gasteiger partial charge in [-0.1, -0.05) is 20.3 Å². The summed E-state index contributed by atoms with van der Waals surface area (Å²) in [4.78, 5) is 0. The molecule has 0 aliphatic heterocycles. The zero-order chi connectivity index (χ0) is 12.1. The maximum atomic E-state index is 5.77. The van der Waals surface area contributed by atoms with Crippen LogP contribution >= 0.6 is 0 Å². The second kappa shape index (κ2) is 6.15. The minimum absolute atomic E-state index is 0.505. The predicted octanol–water partition coefficient (Wildman–Crippen LogP) is 2.52. The van der Waals surface area contributed by atoms with E-state index in [2.05, 4.69) is 29.4 Å². The Bertz CT molecular complexity index is 337. The molecule has 96 valence electrons. The molecule has 0 radical (unpaired) electrons. The highest BCUT2D eigenvalue weighted by Crippen LogP contribution is 2.38. The van der Waals surface area contributed by atoms with Crippen molar-refractivity contribution in [1.29, 1.82) is 0 Å². The van der Waals surface area contributed by atoms with Gasteiger partial charge in [-0.2, -0.15) is 0 Å². The molecule has 1 saturated carbocycles. The normalized spacial score (nSPS) is 24.4. The molecule has 1 fully saturated rings. The average Bonchev–Trinajstić information content (AvgIpc) is 2.93. The van der Waals surface area contributed by atoms with Gasteiger partial charge < -0.3 is 9.73 Å². The van der Waals surface area contributed by atoms with Crippen LogP contribution in [-0.2, 0) is 6.42 Å². The Morgan fingerprint density at radius 3 is 2.94 bits per heavy atom. The maximum absolute atomic E-state index is 5.77. The van der Waals surface area contributed by atoms with Crippen LogP contribution in [0.5, 0.6) is 0 Å². The summed E-state index contributed by atoms with van der Waals surface area (Å²) in [5.41, 5.74) is 0. The standard InChI is InChI=1S/C13H23N3O/c1-3-14-9-5-8-12-15-16-13(17-12)11-7-4-6-10(11)2/h10-11,14H,3-9H2,1-2H3. The Hall–Kier alpha value is -0.900. The molecule has 4 heteroatoms. The topological polar surface area (TPSA) is 51.0 Å². The summed E-state index contributed by atoms with van der Waals surface area (Å²) < 4.78 is 5.77. The van der Waals surface area contributed by atoms with Crippen molar-refractivity contribution < 1.29 is 4.42 Å². The van der Waals surface area contributed by atoms with Crippen molar-refractivity contribution >= 4 is 0 Å². The monoisotopic (exact) mass is 237 g/mol. The van der Waals surface area contributed by atoms with Crippen molar-refractivity contribution in [3.63, 3.8) is 0 Å². The number of rotatable bonds is 6. The largest absolute Gasteiger partial charge is 0.425 e. The third-order valence-electron chi connectivity index (χ3n) is 3.66. The second-order valence-electron chi connectivity index (χ2n) is 5.01. The minimum Gasteiger partial charge on any atom is -0.425 e. The molecular formula is C13H23N3O. The maximum Gasteiger partial charge on any atom is 0.219 e. The third kappa shape index (κ3) is 3.28. The van der Waals surface area contributed by atoms with Gasteiger partial charge in [-0.3, -0.25) is 0 Å². The van der Waals surface area contributed by atoms with Crippen molar-refractivity contribution in [3.05, 3.63) is 11.8 Å². The molecule has 0 aromatic carbocycles. The number of aryl methyl sites for hydroxylation is 1. The van der Waals surface area contributed by atoms with E-state index in [1.165, 1.54) is 19.3 Å². The van der Waals surface area contributed by atoms with E-state index in [0.717, 1.165) is 37.7 Å². The quantitative estimate of drug-likeness (QED) is 0.772. The molecule has 2 unspecified atom stereocenters. The van der Waals surface area contributed by atoms with Crippen LogP contribution in [0.2, 0.25) is 0 Å². The number of nitrogens with zero attached hydrogens (tertiary/aromatic N) is 2. The molecule has 1 aliphatic carbocycles. The zero-order valence-corrected chi connectivity index (χ0v) is 10.9. The first-order valence-corrected chi connectivity index (χ1v) is 6.84. The van der Waals surface area contributed by atoms with Crippen molar-refractivity contribution in [3.8, 4) is 0 Å². The Labute approximate surface area is 103 Å². The predicted molar refractivity (Wildman–Crippen MR) is 66.9 cm³/mol. The lowest BCUT2D eigenvalue weighted by Crippen LogP contribution is -2.14. The van der Waals surface area contributed by atoms with E-state index in [9.17, 15) is 0 Å². The number of aromatic nitrogens is 2. The highest BCUT2D eigenvalue weighted by molar-refractivity contribution is 4.97. The number of hydrogen-bond donors (Lipinski definition) is 1. The molecule has 1 aliphatic rings. The van der Waals surface area contributed by atoms with Gasteiger partial charge in [-0.05, 0) is 38.3 Å². The fourth-order valence-electron chi connectivity index (χ4n) is 2.57. The zero-order valence-electron chi connectivity index (χ0n) is 10.9. The lowest BCUT2D eigenvalue weighted by molar-refractivity contribution is 0.378. The molecule has 2 rings (SSSR count). The van der Waals surface area contributed by atoms with E-state index in [-0.39, 0.29) is 0 Å². The molecule has 1 aromatic heterocycles. The number of hydrogen-bond acceptors (Lipinski definition) is 4. The fraction of sp³-hybridized carbons (Fsp3) is 0.846. The van der Waals surface area contributed by atoms with Gasteiger partial charge in [0.15, 0.2) is 0 Å². The lowest BCUT2D eigenvalue weighted by atomic mass is 9.98. The van der Waals surface area contributed by atoms with Crippen LogP contribution in [0.1, 0.15) is 57.2 Å². The molecule has 0 spiro atoms. The van der Waals surface area contributed by atoms with Gasteiger partial charge in [0.25, 0.3) is 0 Å². The smallest absolute Gasteiger partial charge is 0.219 e. The Kier molecular flexibility index (Phi) is 4.54. The van der Waals surface area contributed by atoms with Gasteiger partial charge in [0.05, 0.1) is 0 Å². The van der Waals surface area contributed by atoms with Crippen molar-refractivity contribution in [2.45, 2.75) is 51.9 Å². The fourth-order valence-corrected chi connectivity index (χ4v) is 2.57. The van der Waals surface area contributed by atoms with E-state index in [4.69, 9.17) is 4.42 Å². The summed E-state index contributed by atoms with van der Waals surface area (Å²) in [5.74, 6) is 2.88. The molecule has 1 aromatic rings.